The molecule has 0 spiro atoms. The van der Waals surface area contributed by atoms with Gasteiger partial charge in [-0.1, -0.05) is 25.6 Å². The molecule has 0 radical (unpaired) electrons. The van der Waals surface area contributed by atoms with Crippen molar-refractivity contribution in [2.45, 2.75) is 44.6 Å². The highest BCUT2D eigenvalue weighted by atomic mass is 16.3. The maximum Gasteiger partial charge on any atom is 0.118 e. The van der Waals surface area contributed by atoms with Gasteiger partial charge < -0.3 is 10.2 Å². The van der Waals surface area contributed by atoms with Gasteiger partial charge in [-0.3, -0.25) is 0 Å². The minimum absolute atomic E-state index is 0.241. The summed E-state index contributed by atoms with van der Waals surface area (Å²) in [6.07, 6.45) is 1.58. The zero-order valence-corrected chi connectivity index (χ0v) is 10.7. The van der Waals surface area contributed by atoms with Crippen molar-refractivity contribution >= 4 is 0 Å². The molecular formula is C15H20O2. The normalized spacial score (nSPS) is 33.1. The fourth-order valence-corrected chi connectivity index (χ4v) is 2.66. The Bertz CT molecular complexity index is 474. The molecule has 0 heterocycles. The first-order valence-corrected chi connectivity index (χ1v) is 6.00. The van der Waals surface area contributed by atoms with Crippen molar-refractivity contribution in [3.05, 3.63) is 41.5 Å². The first-order valence-electron chi connectivity index (χ1n) is 6.00. The molecule has 0 aromatic heterocycles. The molecule has 92 valence electrons. The topological polar surface area (TPSA) is 40.5 Å². The molecule has 1 aliphatic carbocycles. The highest BCUT2D eigenvalue weighted by Gasteiger charge is 2.46. The largest absolute Gasteiger partial charge is 0.508 e. The summed E-state index contributed by atoms with van der Waals surface area (Å²) in [6.45, 7) is 9.83. The van der Waals surface area contributed by atoms with Gasteiger partial charge in [0, 0.05) is 5.41 Å². The average Bonchev–Trinajstić information content (AvgIpc) is 2.48. The maximum absolute atomic E-state index is 10.2. The van der Waals surface area contributed by atoms with E-state index in [1.807, 2.05) is 26.0 Å². The lowest BCUT2D eigenvalue weighted by molar-refractivity contribution is 0.105. The van der Waals surface area contributed by atoms with Crippen LogP contribution in [0.3, 0.4) is 0 Å². The van der Waals surface area contributed by atoms with Gasteiger partial charge in [-0.15, -0.1) is 0 Å². The summed E-state index contributed by atoms with van der Waals surface area (Å²) in [6, 6.07) is 5.72. The zero-order chi connectivity index (χ0) is 12.8. The van der Waals surface area contributed by atoms with Crippen LogP contribution in [0.15, 0.2) is 30.4 Å². The lowest BCUT2D eigenvalue weighted by Gasteiger charge is -2.30. The Morgan fingerprint density at radius 3 is 2.35 bits per heavy atom. The van der Waals surface area contributed by atoms with Crippen molar-refractivity contribution in [1.29, 1.82) is 0 Å². The van der Waals surface area contributed by atoms with E-state index in [4.69, 9.17) is 0 Å². The molecule has 0 unspecified atom stereocenters. The average molecular weight is 232 g/mol. The zero-order valence-electron chi connectivity index (χ0n) is 10.7. The Morgan fingerprint density at radius 1 is 1.24 bits per heavy atom. The third-order valence-electron chi connectivity index (χ3n) is 4.27. The predicted octanol–water partition coefficient (Wildman–Crippen LogP) is 3.06. The van der Waals surface area contributed by atoms with E-state index in [0.717, 1.165) is 29.5 Å². The first-order chi connectivity index (χ1) is 7.77. The molecule has 1 fully saturated rings. The van der Waals surface area contributed by atoms with Gasteiger partial charge in [0.1, 0.15) is 5.75 Å². The molecule has 0 bridgehead atoms. The van der Waals surface area contributed by atoms with E-state index in [-0.39, 0.29) is 5.41 Å². The summed E-state index contributed by atoms with van der Waals surface area (Å²) in [5, 5.41) is 20.0. The van der Waals surface area contributed by atoms with E-state index in [0.29, 0.717) is 5.75 Å². The van der Waals surface area contributed by atoms with E-state index in [9.17, 15) is 10.2 Å². The predicted molar refractivity (Wildman–Crippen MR) is 69.2 cm³/mol. The minimum atomic E-state index is -0.796. The van der Waals surface area contributed by atoms with Gasteiger partial charge in [-0.05, 0) is 49.5 Å². The second kappa shape index (κ2) is 3.61. The summed E-state index contributed by atoms with van der Waals surface area (Å²) in [5.74, 6) is 0.308. The first kappa shape index (κ1) is 12.2. The van der Waals surface area contributed by atoms with E-state index in [1.165, 1.54) is 0 Å². The molecule has 0 amide bonds. The number of aryl methyl sites for hydroxylation is 1. The number of rotatable bonds is 1. The van der Waals surface area contributed by atoms with E-state index < -0.39 is 5.60 Å². The van der Waals surface area contributed by atoms with Gasteiger partial charge in [0.25, 0.3) is 0 Å². The summed E-state index contributed by atoms with van der Waals surface area (Å²) >= 11 is 0. The fourth-order valence-electron chi connectivity index (χ4n) is 2.66. The molecule has 1 aromatic rings. The van der Waals surface area contributed by atoms with Crippen LogP contribution < -0.4 is 0 Å². The van der Waals surface area contributed by atoms with Gasteiger partial charge in [0.15, 0.2) is 0 Å². The van der Waals surface area contributed by atoms with Gasteiger partial charge >= 0.3 is 0 Å². The van der Waals surface area contributed by atoms with Gasteiger partial charge in [0.05, 0.1) is 5.60 Å². The van der Waals surface area contributed by atoms with Crippen LogP contribution in [0.25, 0.3) is 0 Å². The second-order valence-corrected chi connectivity index (χ2v) is 5.59. The number of hydrogen-bond donors (Lipinski definition) is 2. The second-order valence-electron chi connectivity index (χ2n) is 5.59. The molecule has 0 aliphatic heterocycles. The summed E-state index contributed by atoms with van der Waals surface area (Å²) in [7, 11) is 0. The molecule has 1 aliphatic rings. The lowest BCUT2D eigenvalue weighted by Crippen LogP contribution is -2.28. The van der Waals surface area contributed by atoms with Crippen LogP contribution in [0.4, 0.5) is 0 Å². The third-order valence-corrected chi connectivity index (χ3v) is 4.27. The number of phenols is 1. The maximum atomic E-state index is 10.2. The van der Waals surface area contributed by atoms with Crippen LogP contribution in [-0.2, 0) is 5.41 Å². The molecule has 2 N–H and O–H groups in total. The Labute approximate surface area is 103 Å². The highest BCUT2D eigenvalue weighted by Crippen LogP contribution is 2.49. The van der Waals surface area contributed by atoms with E-state index >= 15 is 0 Å². The summed E-state index contributed by atoms with van der Waals surface area (Å²) < 4.78 is 0. The van der Waals surface area contributed by atoms with Crippen LogP contribution in [-0.4, -0.2) is 15.8 Å². The van der Waals surface area contributed by atoms with Crippen molar-refractivity contribution in [3.8, 4) is 5.75 Å². The molecule has 2 heteroatoms. The standard InChI is InChI=1S/C15H20O2/c1-10-5-6-12(9-13(10)16)14(3)7-8-15(4,17)11(14)2/h5-6,9,16-17H,2,7-8H2,1,3-4H3/t14-,15+/m0/s1. The highest BCUT2D eigenvalue weighted by molar-refractivity contribution is 5.46. The molecule has 2 nitrogen and oxygen atoms in total. The number of phenolic OH excluding ortho intramolecular Hbond substituents is 1. The number of aromatic hydroxyl groups is 1. The van der Waals surface area contributed by atoms with Gasteiger partial charge in [-0.25, -0.2) is 0 Å². The third kappa shape index (κ3) is 1.77. The smallest absolute Gasteiger partial charge is 0.118 e. The minimum Gasteiger partial charge on any atom is -0.508 e. The van der Waals surface area contributed by atoms with Crippen LogP contribution in [0.1, 0.15) is 37.8 Å². The van der Waals surface area contributed by atoms with E-state index in [2.05, 4.69) is 13.5 Å². The number of hydrogen-bond acceptors (Lipinski definition) is 2. The van der Waals surface area contributed by atoms with Crippen LogP contribution >= 0.6 is 0 Å². The SMILES string of the molecule is C=C1[C@@](C)(c2ccc(C)c(O)c2)CC[C@@]1(C)O. The van der Waals surface area contributed by atoms with Crippen molar-refractivity contribution in [2.24, 2.45) is 0 Å². The number of benzene rings is 1. The quantitative estimate of drug-likeness (QED) is 0.731. The van der Waals surface area contributed by atoms with Gasteiger partial charge in [-0.2, -0.15) is 0 Å². The van der Waals surface area contributed by atoms with Crippen LogP contribution in [0, 0.1) is 6.92 Å². The van der Waals surface area contributed by atoms with Crippen molar-refractivity contribution in [1.82, 2.24) is 0 Å². The van der Waals surface area contributed by atoms with Crippen molar-refractivity contribution in [2.75, 3.05) is 0 Å². The Balaban J connectivity index is 2.46. The van der Waals surface area contributed by atoms with Crippen molar-refractivity contribution in [3.63, 3.8) is 0 Å². The molecule has 1 aromatic carbocycles. The monoisotopic (exact) mass is 232 g/mol. The molecule has 2 atom stereocenters. The Morgan fingerprint density at radius 2 is 1.88 bits per heavy atom. The Hall–Kier alpha value is -1.28. The van der Waals surface area contributed by atoms with Crippen LogP contribution in [0.2, 0.25) is 0 Å². The molecule has 2 rings (SSSR count). The summed E-state index contributed by atoms with van der Waals surface area (Å²) in [4.78, 5) is 0. The molecule has 1 saturated carbocycles. The number of aliphatic hydroxyl groups is 1. The van der Waals surface area contributed by atoms with E-state index in [1.54, 1.807) is 6.07 Å². The van der Waals surface area contributed by atoms with Crippen LogP contribution in [0.5, 0.6) is 5.75 Å². The Kier molecular flexibility index (Phi) is 2.58. The fraction of sp³-hybridized carbons (Fsp3) is 0.467. The van der Waals surface area contributed by atoms with Crippen molar-refractivity contribution < 1.29 is 10.2 Å². The van der Waals surface area contributed by atoms with Gasteiger partial charge in [0.2, 0.25) is 0 Å². The molecule has 17 heavy (non-hydrogen) atoms. The molecular weight excluding hydrogens is 212 g/mol. The molecule has 0 saturated heterocycles. The summed E-state index contributed by atoms with van der Waals surface area (Å²) in [5.41, 5.74) is 1.70. The lowest BCUT2D eigenvalue weighted by atomic mass is 9.76.